The summed E-state index contributed by atoms with van der Waals surface area (Å²) >= 11 is 0. The van der Waals surface area contributed by atoms with Crippen LogP contribution in [-0.4, -0.2) is 32.8 Å². The standard InChI is InChI=1S/C15H21NO3/c1-18-9-10-19-11-15(17)16-14-8-4-6-12-5-2-3-7-13(12)14/h4,6,8H,2-3,5,7,9-11H2,1H3,(H,16,17). The fourth-order valence-corrected chi connectivity index (χ4v) is 2.39. The van der Waals surface area contributed by atoms with E-state index in [1.165, 1.54) is 24.0 Å². The third kappa shape index (κ3) is 4.04. The van der Waals surface area contributed by atoms with Gasteiger partial charge in [0.15, 0.2) is 0 Å². The van der Waals surface area contributed by atoms with Gasteiger partial charge in [0.05, 0.1) is 13.2 Å². The second-order valence-corrected chi connectivity index (χ2v) is 4.74. The Morgan fingerprint density at radius 3 is 2.95 bits per heavy atom. The Morgan fingerprint density at radius 1 is 1.26 bits per heavy atom. The van der Waals surface area contributed by atoms with Crippen LogP contribution in [0.25, 0.3) is 0 Å². The summed E-state index contributed by atoms with van der Waals surface area (Å²) in [6.07, 6.45) is 4.61. The van der Waals surface area contributed by atoms with Crippen LogP contribution in [0.2, 0.25) is 0 Å². The van der Waals surface area contributed by atoms with Crippen molar-refractivity contribution in [3.63, 3.8) is 0 Å². The van der Waals surface area contributed by atoms with Crippen molar-refractivity contribution < 1.29 is 14.3 Å². The number of amides is 1. The highest BCUT2D eigenvalue weighted by atomic mass is 16.5. The van der Waals surface area contributed by atoms with Gasteiger partial charge in [0, 0.05) is 12.8 Å². The summed E-state index contributed by atoms with van der Waals surface area (Å²) in [4.78, 5) is 11.8. The van der Waals surface area contributed by atoms with Gasteiger partial charge in [0.1, 0.15) is 6.61 Å². The lowest BCUT2D eigenvalue weighted by Gasteiger charge is -2.19. The average Bonchev–Trinajstić information content (AvgIpc) is 2.44. The molecule has 1 aromatic rings. The molecule has 0 unspecified atom stereocenters. The van der Waals surface area contributed by atoms with E-state index in [0.717, 1.165) is 18.5 Å². The summed E-state index contributed by atoms with van der Waals surface area (Å²) in [5.41, 5.74) is 3.60. The summed E-state index contributed by atoms with van der Waals surface area (Å²) in [5.74, 6) is -0.102. The Hall–Kier alpha value is -1.39. The SMILES string of the molecule is COCCOCC(=O)Nc1cccc2c1CCCC2. The highest BCUT2D eigenvalue weighted by molar-refractivity contribution is 5.92. The topological polar surface area (TPSA) is 47.6 Å². The molecule has 0 aliphatic heterocycles. The lowest BCUT2D eigenvalue weighted by atomic mass is 9.90. The molecule has 19 heavy (non-hydrogen) atoms. The molecule has 0 spiro atoms. The molecular weight excluding hydrogens is 242 g/mol. The predicted molar refractivity (Wildman–Crippen MR) is 74.4 cm³/mol. The van der Waals surface area contributed by atoms with Crippen molar-refractivity contribution in [3.05, 3.63) is 29.3 Å². The number of rotatable bonds is 6. The molecule has 0 heterocycles. The normalized spacial score (nSPS) is 13.9. The maximum absolute atomic E-state index is 11.8. The summed E-state index contributed by atoms with van der Waals surface area (Å²) < 4.78 is 10.1. The van der Waals surface area contributed by atoms with E-state index in [1.807, 2.05) is 12.1 Å². The minimum Gasteiger partial charge on any atom is -0.382 e. The van der Waals surface area contributed by atoms with Crippen molar-refractivity contribution in [3.8, 4) is 0 Å². The number of benzene rings is 1. The number of methoxy groups -OCH3 is 1. The summed E-state index contributed by atoms with van der Waals surface area (Å²) in [6, 6.07) is 6.13. The van der Waals surface area contributed by atoms with Gasteiger partial charge in [-0.1, -0.05) is 12.1 Å². The minimum absolute atomic E-state index is 0.0764. The summed E-state index contributed by atoms with van der Waals surface area (Å²) in [5, 5.41) is 2.94. The van der Waals surface area contributed by atoms with E-state index in [0.29, 0.717) is 13.2 Å². The van der Waals surface area contributed by atoms with Crippen LogP contribution in [0.5, 0.6) is 0 Å². The minimum atomic E-state index is -0.102. The molecule has 0 aromatic heterocycles. The van der Waals surface area contributed by atoms with Crippen molar-refractivity contribution in [1.82, 2.24) is 0 Å². The van der Waals surface area contributed by atoms with E-state index in [2.05, 4.69) is 11.4 Å². The van der Waals surface area contributed by atoms with E-state index < -0.39 is 0 Å². The molecule has 4 nitrogen and oxygen atoms in total. The molecule has 4 heteroatoms. The highest BCUT2D eigenvalue weighted by Gasteiger charge is 2.14. The maximum Gasteiger partial charge on any atom is 0.250 e. The number of hydrogen-bond donors (Lipinski definition) is 1. The first-order valence-corrected chi connectivity index (χ1v) is 6.78. The van der Waals surface area contributed by atoms with E-state index in [4.69, 9.17) is 9.47 Å². The van der Waals surface area contributed by atoms with Gasteiger partial charge in [-0.15, -0.1) is 0 Å². The zero-order valence-electron chi connectivity index (χ0n) is 11.4. The van der Waals surface area contributed by atoms with Crippen molar-refractivity contribution in [2.24, 2.45) is 0 Å². The maximum atomic E-state index is 11.8. The van der Waals surface area contributed by atoms with Gasteiger partial charge in [-0.2, -0.15) is 0 Å². The Balaban J connectivity index is 1.90. The summed E-state index contributed by atoms with van der Waals surface area (Å²) in [7, 11) is 1.61. The van der Waals surface area contributed by atoms with Crippen LogP contribution in [0.15, 0.2) is 18.2 Å². The lowest BCUT2D eigenvalue weighted by Crippen LogP contribution is -2.21. The molecule has 1 aliphatic rings. The molecule has 1 aromatic carbocycles. The van der Waals surface area contributed by atoms with Crippen molar-refractivity contribution in [2.75, 3.05) is 32.2 Å². The van der Waals surface area contributed by atoms with Crippen LogP contribution in [0, 0.1) is 0 Å². The molecule has 0 saturated heterocycles. The molecule has 1 amide bonds. The molecule has 1 N–H and O–H groups in total. The van der Waals surface area contributed by atoms with Gasteiger partial charge in [0.25, 0.3) is 0 Å². The molecule has 0 atom stereocenters. The molecule has 0 radical (unpaired) electrons. The van der Waals surface area contributed by atoms with E-state index in [-0.39, 0.29) is 12.5 Å². The number of carbonyl (C=O) groups excluding carboxylic acids is 1. The zero-order chi connectivity index (χ0) is 13.5. The largest absolute Gasteiger partial charge is 0.382 e. The predicted octanol–water partition coefficient (Wildman–Crippen LogP) is 2.17. The van der Waals surface area contributed by atoms with Crippen LogP contribution in [0.3, 0.4) is 0 Å². The van der Waals surface area contributed by atoms with Gasteiger partial charge in [-0.25, -0.2) is 0 Å². The van der Waals surface area contributed by atoms with Crippen molar-refractivity contribution in [1.29, 1.82) is 0 Å². The Bertz CT molecular complexity index is 431. The number of hydrogen-bond acceptors (Lipinski definition) is 3. The Kier molecular flexibility index (Phi) is 5.36. The summed E-state index contributed by atoms with van der Waals surface area (Å²) in [6.45, 7) is 1.03. The monoisotopic (exact) mass is 263 g/mol. The number of fused-ring (bicyclic) bond motifs is 1. The fraction of sp³-hybridized carbons (Fsp3) is 0.533. The van der Waals surface area contributed by atoms with Crippen LogP contribution in [-0.2, 0) is 27.1 Å². The quantitative estimate of drug-likeness (QED) is 0.800. The number of carbonyl (C=O) groups is 1. The molecule has 2 rings (SSSR count). The first kappa shape index (κ1) is 14.0. The van der Waals surface area contributed by atoms with Gasteiger partial charge in [0.2, 0.25) is 5.91 Å². The molecular formula is C15H21NO3. The fourth-order valence-electron chi connectivity index (χ4n) is 2.39. The number of nitrogens with one attached hydrogen (secondary N) is 1. The Labute approximate surface area is 114 Å². The molecule has 0 saturated carbocycles. The Morgan fingerprint density at radius 2 is 2.11 bits per heavy atom. The van der Waals surface area contributed by atoms with Gasteiger partial charge >= 0.3 is 0 Å². The van der Waals surface area contributed by atoms with E-state index in [9.17, 15) is 4.79 Å². The number of anilines is 1. The molecule has 104 valence electrons. The van der Waals surface area contributed by atoms with Crippen LogP contribution < -0.4 is 5.32 Å². The van der Waals surface area contributed by atoms with Gasteiger partial charge in [-0.3, -0.25) is 4.79 Å². The van der Waals surface area contributed by atoms with Gasteiger partial charge in [-0.05, 0) is 42.9 Å². The van der Waals surface area contributed by atoms with E-state index in [1.54, 1.807) is 7.11 Å². The first-order valence-electron chi connectivity index (χ1n) is 6.78. The van der Waals surface area contributed by atoms with Gasteiger partial charge < -0.3 is 14.8 Å². The molecule has 1 aliphatic carbocycles. The number of aryl methyl sites for hydroxylation is 1. The lowest BCUT2D eigenvalue weighted by molar-refractivity contribution is -0.121. The second-order valence-electron chi connectivity index (χ2n) is 4.74. The third-order valence-electron chi connectivity index (χ3n) is 3.33. The first-order chi connectivity index (χ1) is 9.31. The highest BCUT2D eigenvalue weighted by Crippen LogP contribution is 2.27. The smallest absolute Gasteiger partial charge is 0.250 e. The average molecular weight is 263 g/mol. The molecule has 0 fully saturated rings. The zero-order valence-corrected chi connectivity index (χ0v) is 11.4. The van der Waals surface area contributed by atoms with Crippen LogP contribution >= 0.6 is 0 Å². The van der Waals surface area contributed by atoms with Crippen LogP contribution in [0.1, 0.15) is 24.0 Å². The van der Waals surface area contributed by atoms with Crippen molar-refractivity contribution >= 4 is 11.6 Å². The van der Waals surface area contributed by atoms with Crippen LogP contribution in [0.4, 0.5) is 5.69 Å². The molecule has 0 bridgehead atoms. The third-order valence-corrected chi connectivity index (χ3v) is 3.33. The van der Waals surface area contributed by atoms with Crippen molar-refractivity contribution in [2.45, 2.75) is 25.7 Å². The second kappa shape index (κ2) is 7.26. The number of ether oxygens (including phenoxy) is 2. The van der Waals surface area contributed by atoms with E-state index >= 15 is 0 Å².